The summed E-state index contributed by atoms with van der Waals surface area (Å²) < 4.78 is 6.17. The Morgan fingerprint density at radius 1 is 1.67 bits per heavy atom. The van der Waals surface area contributed by atoms with Crippen LogP contribution in [0.5, 0.6) is 0 Å². The smallest absolute Gasteiger partial charge is 0.267 e. The van der Waals surface area contributed by atoms with Gasteiger partial charge in [-0.15, -0.1) is 0 Å². The van der Waals surface area contributed by atoms with E-state index in [-0.39, 0.29) is 19.1 Å². The molecule has 5 nitrogen and oxygen atoms in total. The van der Waals surface area contributed by atoms with Crippen molar-refractivity contribution in [3.8, 4) is 0 Å². The molecule has 6 heteroatoms. The number of rotatable bonds is 7. The first-order valence-corrected chi connectivity index (χ1v) is 6.82. The van der Waals surface area contributed by atoms with E-state index in [1.807, 2.05) is 0 Å². The Morgan fingerprint density at radius 3 is 3.06 bits per heavy atom. The van der Waals surface area contributed by atoms with Gasteiger partial charge in [0.05, 0.1) is 12.7 Å². The Morgan fingerprint density at radius 2 is 2.44 bits per heavy atom. The second kappa shape index (κ2) is 6.36. The minimum Gasteiger partial charge on any atom is -0.389 e. The van der Waals surface area contributed by atoms with Gasteiger partial charge in [-0.2, -0.15) is 0 Å². The number of carbonyl (C=O) groups is 1. The average molecular weight is 317 g/mol. The molecule has 100 valence electrons. The summed E-state index contributed by atoms with van der Waals surface area (Å²) in [6, 6.07) is 1.69. The molecule has 1 atom stereocenters. The van der Waals surface area contributed by atoms with Crippen LogP contribution in [0.2, 0.25) is 0 Å². The maximum atomic E-state index is 11.6. The van der Waals surface area contributed by atoms with Crippen molar-refractivity contribution in [1.29, 1.82) is 0 Å². The Bertz CT molecular complexity index is 404. The Labute approximate surface area is 114 Å². The van der Waals surface area contributed by atoms with E-state index in [0.29, 0.717) is 18.2 Å². The van der Waals surface area contributed by atoms with Gasteiger partial charge in [-0.1, -0.05) is 0 Å². The zero-order chi connectivity index (χ0) is 13.0. The molecule has 1 amide bonds. The number of halogens is 1. The van der Waals surface area contributed by atoms with Crippen molar-refractivity contribution in [2.75, 3.05) is 19.8 Å². The van der Waals surface area contributed by atoms with E-state index in [1.54, 1.807) is 12.3 Å². The molecule has 3 N–H and O–H groups in total. The summed E-state index contributed by atoms with van der Waals surface area (Å²) >= 11 is 3.25. The van der Waals surface area contributed by atoms with Crippen LogP contribution >= 0.6 is 15.9 Å². The highest BCUT2D eigenvalue weighted by Crippen LogP contribution is 2.28. The molecule has 1 aliphatic carbocycles. The first kappa shape index (κ1) is 13.6. The van der Waals surface area contributed by atoms with Crippen LogP contribution in [0.25, 0.3) is 0 Å². The lowest BCUT2D eigenvalue weighted by Crippen LogP contribution is -2.34. The lowest BCUT2D eigenvalue weighted by atomic mass is 10.3. The summed E-state index contributed by atoms with van der Waals surface area (Å²) in [5.41, 5.74) is 0.466. The van der Waals surface area contributed by atoms with E-state index in [9.17, 15) is 9.90 Å². The highest BCUT2D eigenvalue weighted by atomic mass is 79.9. The van der Waals surface area contributed by atoms with Crippen LogP contribution in [0, 0.1) is 5.92 Å². The molecule has 0 aromatic carbocycles. The van der Waals surface area contributed by atoms with Gasteiger partial charge < -0.3 is 20.1 Å². The molecule has 1 aromatic heterocycles. The lowest BCUT2D eigenvalue weighted by Gasteiger charge is -2.11. The van der Waals surface area contributed by atoms with E-state index in [2.05, 4.69) is 26.2 Å². The fraction of sp³-hybridized carbons (Fsp3) is 0.583. The summed E-state index contributed by atoms with van der Waals surface area (Å²) in [6.45, 7) is 1.18. The Kier molecular flexibility index (Phi) is 4.79. The van der Waals surface area contributed by atoms with E-state index >= 15 is 0 Å². The third-order valence-corrected chi connectivity index (χ3v) is 3.21. The van der Waals surface area contributed by atoms with Gasteiger partial charge in [0, 0.05) is 23.8 Å². The summed E-state index contributed by atoms with van der Waals surface area (Å²) in [5.74, 6) is 0.449. The molecule has 18 heavy (non-hydrogen) atoms. The third kappa shape index (κ3) is 4.44. The molecule has 0 bridgehead atoms. The van der Waals surface area contributed by atoms with Gasteiger partial charge in [0.1, 0.15) is 5.69 Å². The lowest BCUT2D eigenvalue weighted by molar-refractivity contribution is 0.0320. The fourth-order valence-electron chi connectivity index (χ4n) is 1.52. The zero-order valence-corrected chi connectivity index (χ0v) is 11.6. The van der Waals surface area contributed by atoms with E-state index in [4.69, 9.17) is 4.74 Å². The second-order valence-corrected chi connectivity index (χ2v) is 5.49. The number of H-pyrrole nitrogens is 1. The van der Waals surface area contributed by atoms with Gasteiger partial charge in [0.15, 0.2) is 0 Å². The second-order valence-electron chi connectivity index (χ2n) is 4.58. The van der Waals surface area contributed by atoms with Gasteiger partial charge >= 0.3 is 0 Å². The highest BCUT2D eigenvalue weighted by Gasteiger charge is 2.21. The van der Waals surface area contributed by atoms with Crippen molar-refractivity contribution in [2.24, 2.45) is 5.92 Å². The summed E-state index contributed by atoms with van der Waals surface area (Å²) in [5, 5.41) is 12.3. The van der Waals surface area contributed by atoms with Gasteiger partial charge in [-0.3, -0.25) is 4.79 Å². The van der Waals surface area contributed by atoms with Crippen LogP contribution in [0.15, 0.2) is 16.7 Å². The van der Waals surface area contributed by atoms with Crippen molar-refractivity contribution in [1.82, 2.24) is 10.3 Å². The van der Waals surface area contributed by atoms with Gasteiger partial charge in [0.25, 0.3) is 5.91 Å². The van der Waals surface area contributed by atoms with E-state index < -0.39 is 6.10 Å². The molecule has 0 spiro atoms. The molecule has 2 rings (SSSR count). The SMILES string of the molecule is O=C(NCC(O)COCC1CC1)c1cc(Br)c[nH]1. The number of hydrogen-bond acceptors (Lipinski definition) is 3. The summed E-state index contributed by atoms with van der Waals surface area (Å²) in [7, 11) is 0. The number of hydrogen-bond donors (Lipinski definition) is 3. The minimum absolute atomic E-state index is 0.195. The molecular weight excluding hydrogens is 300 g/mol. The van der Waals surface area contributed by atoms with E-state index in [0.717, 1.165) is 4.47 Å². The predicted molar refractivity (Wildman–Crippen MR) is 70.4 cm³/mol. The normalized spacial score (nSPS) is 16.6. The maximum Gasteiger partial charge on any atom is 0.267 e. The first-order valence-electron chi connectivity index (χ1n) is 6.03. The van der Waals surface area contributed by atoms with Crippen molar-refractivity contribution < 1.29 is 14.6 Å². The summed E-state index contributed by atoms with van der Waals surface area (Å²) in [6.07, 6.45) is 3.48. The number of aromatic amines is 1. The molecule has 0 saturated heterocycles. The molecule has 1 heterocycles. The number of aliphatic hydroxyl groups excluding tert-OH is 1. The van der Waals surface area contributed by atoms with Gasteiger partial charge in [-0.25, -0.2) is 0 Å². The molecule has 1 saturated carbocycles. The fourth-order valence-corrected chi connectivity index (χ4v) is 1.86. The molecule has 1 fully saturated rings. The molecule has 0 radical (unpaired) electrons. The standard InChI is InChI=1S/C12H17BrN2O3/c13-9-3-11(14-4-9)12(17)15-5-10(16)7-18-6-8-1-2-8/h3-4,8,10,14,16H,1-2,5-7H2,(H,15,17). The van der Waals surface area contributed by atoms with Crippen LogP contribution in [0.4, 0.5) is 0 Å². The minimum atomic E-state index is -0.661. The number of nitrogens with one attached hydrogen (secondary N) is 2. The number of amides is 1. The number of aromatic nitrogens is 1. The molecule has 1 aliphatic rings. The van der Waals surface area contributed by atoms with Crippen LogP contribution in [-0.4, -0.2) is 41.9 Å². The van der Waals surface area contributed by atoms with E-state index in [1.165, 1.54) is 12.8 Å². The molecule has 1 unspecified atom stereocenters. The zero-order valence-electron chi connectivity index (χ0n) is 9.99. The van der Waals surface area contributed by atoms with Crippen LogP contribution in [0.3, 0.4) is 0 Å². The van der Waals surface area contributed by atoms with Crippen LogP contribution in [0.1, 0.15) is 23.3 Å². The largest absolute Gasteiger partial charge is 0.389 e. The monoisotopic (exact) mass is 316 g/mol. The topological polar surface area (TPSA) is 74.3 Å². The maximum absolute atomic E-state index is 11.6. The summed E-state index contributed by atoms with van der Waals surface area (Å²) in [4.78, 5) is 14.5. The van der Waals surface area contributed by atoms with Crippen molar-refractivity contribution in [2.45, 2.75) is 18.9 Å². The Balaban J connectivity index is 1.62. The van der Waals surface area contributed by atoms with Crippen LogP contribution in [-0.2, 0) is 4.74 Å². The molecule has 1 aromatic rings. The Hall–Kier alpha value is -0.850. The van der Waals surface area contributed by atoms with Gasteiger partial charge in [-0.05, 0) is 40.8 Å². The van der Waals surface area contributed by atoms with Gasteiger partial charge in [0.2, 0.25) is 0 Å². The third-order valence-electron chi connectivity index (χ3n) is 2.75. The van der Waals surface area contributed by atoms with Crippen molar-refractivity contribution in [3.05, 3.63) is 22.4 Å². The number of ether oxygens (including phenoxy) is 1. The average Bonchev–Trinajstić information content (AvgIpc) is 3.06. The van der Waals surface area contributed by atoms with Crippen LogP contribution < -0.4 is 5.32 Å². The predicted octanol–water partition coefficient (Wildman–Crippen LogP) is 1.29. The quantitative estimate of drug-likeness (QED) is 0.709. The number of carbonyl (C=O) groups excluding carboxylic acids is 1. The first-order chi connectivity index (χ1) is 8.65. The highest BCUT2D eigenvalue weighted by molar-refractivity contribution is 9.10. The van der Waals surface area contributed by atoms with Crippen molar-refractivity contribution in [3.63, 3.8) is 0 Å². The van der Waals surface area contributed by atoms with Crippen molar-refractivity contribution >= 4 is 21.8 Å². The molecule has 0 aliphatic heterocycles. The molecular formula is C12H17BrN2O3. The number of aliphatic hydroxyl groups is 1.